The van der Waals surface area contributed by atoms with Gasteiger partial charge in [0.05, 0.1) is 7.05 Å². The van der Waals surface area contributed by atoms with Gasteiger partial charge in [-0.2, -0.15) is 0 Å². The van der Waals surface area contributed by atoms with Crippen LogP contribution in [0, 0.1) is 0 Å². The largest absolute Gasteiger partial charge is 0.405 e. The summed E-state index contributed by atoms with van der Waals surface area (Å²) in [5.74, 6) is 0. The summed E-state index contributed by atoms with van der Waals surface area (Å²) in [6, 6.07) is 6.44. The molecule has 0 fully saturated rings. The van der Waals surface area contributed by atoms with Gasteiger partial charge in [0.15, 0.2) is 0 Å². The minimum atomic E-state index is 1.05. The van der Waals surface area contributed by atoms with Gasteiger partial charge >= 0.3 is 0 Å². The lowest BCUT2D eigenvalue weighted by atomic mass is 10.0. The maximum atomic E-state index is 5.38. The minimum absolute atomic E-state index is 1.05. The third-order valence-electron chi connectivity index (χ3n) is 2.16. The fourth-order valence-corrected chi connectivity index (χ4v) is 1.37. The quantitative estimate of drug-likeness (QED) is 0.665. The van der Waals surface area contributed by atoms with Gasteiger partial charge < -0.3 is 11.1 Å². The summed E-state index contributed by atoms with van der Waals surface area (Å²) in [4.78, 5) is 0. The lowest BCUT2D eigenvalue weighted by Gasteiger charge is -2.03. The predicted molar refractivity (Wildman–Crippen MR) is 56.6 cm³/mol. The van der Waals surface area contributed by atoms with E-state index in [1.165, 1.54) is 16.8 Å². The Morgan fingerprint density at radius 2 is 2.23 bits per heavy atom. The molecule has 0 unspecified atom stereocenters. The highest BCUT2D eigenvalue weighted by Crippen LogP contribution is 2.14. The molecule has 0 atom stereocenters. The molecule has 1 aromatic rings. The number of nitrogens with two attached hydrogens (primary N) is 2. The van der Waals surface area contributed by atoms with E-state index in [9.17, 15) is 0 Å². The number of hydrogen-bond donors (Lipinski definition) is 2. The SMILES string of the molecule is CCc1ccc([NH2+]C)cc1C=CN. The van der Waals surface area contributed by atoms with Gasteiger partial charge in [-0.1, -0.05) is 13.0 Å². The molecule has 0 saturated heterocycles. The number of benzene rings is 1. The summed E-state index contributed by atoms with van der Waals surface area (Å²) >= 11 is 0. The smallest absolute Gasteiger partial charge is 0.129 e. The van der Waals surface area contributed by atoms with E-state index < -0.39 is 0 Å². The molecule has 0 radical (unpaired) electrons. The highest BCUT2D eigenvalue weighted by Gasteiger charge is 2.00. The first-order valence-electron chi connectivity index (χ1n) is 4.62. The Balaban J connectivity index is 3.09. The van der Waals surface area contributed by atoms with Gasteiger partial charge in [-0.05, 0) is 35.9 Å². The standard InChI is InChI=1S/C11H16N2/c1-3-9-4-5-11(13-2)8-10(9)6-7-12/h4-8,13H,3,12H2,1-2H3/p+1. The number of quaternary nitrogens is 1. The molecule has 2 nitrogen and oxygen atoms in total. The molecule has 0 saturated carbocycles. The Labute approximate surface area is 79.5 Å². The molecule has 4 N–H and O–H groups in total. The Hall–Kier alpha value is -1.28. The third kappa shape index (κ3) is 2.33. The van der Waals surface area contributed by atoms with Gasteiger partial charge in [0.25, 0.3) is 0 Å². The molecular weight excluding hydrogens is 160 g/mol. The van der Waals surface area contributed by atoms with Gasteiger partial charge in [-0.3, -0.25) is 0 Å². The molecule has 0 aliphatic heterocycles. The first-order valence-corrected chi connectivity index (χ1v) is 4.62. The normalized spacial score (nSPS) is 10.9. The Morgan fingerprint density at radius 3 is 2.77 bits per heavy atom. The molecule has 0 spiro atoms. The van der Waals surface area contributed by atoms with Crippen molar-refractivity contribution in [2.45, 2.75) is 13.3 Å². The summed E-state index contributed by atoms with van der Waals surface area (Å²) in [7, 11) is 2.04. The van der Waals surface area contributed by atoms with Crippen LogP contribution in [-0.2, 0) is 6.42 Å². The topological polar surface area (TPSA) is 42.6 Å². The molecule has 0 amide bonds. The van der Waals surface area contributed by atoms with E-state index >= 15 is 0 Å². The van der Waals surface area contributed by atoms with Crippen LogP contribution in [0.1, 0.15) is 18.1 Å². The van der Waals surface area contributed by atoms with E-state index in [1.807, 2.05) is 13.1 Å². The molecule has 2 heteroatoms. The summed E-state index contributed by atoms with van der Waals surface area (Å²) < 4.78 is 0. The van der Waals surface area contributed by atoms with Gasteiger partial charge in [0, 0.05) is 6.07 Å². The monoisotopic (exact) mass is 177 g/mol. The molecule has 0 aromatic heterocycles. The zero-order chi connectivity index (χ0) is 9.68. The summed E-state index contributed by atoms with van der Waals surface area (Å²) in [6.07, 6.45) is 4.59. The summed E-state index contributed by atoms with van der Waals surface area (Å²) in [6.45, 7) is 2.15. The van der Waals surface area contributed by atoms with Gasteiger partial charge in [-0.15, -0.1) is 0 Å². The van der Waals surface area contributed by atoms with Crippen molar-refractivity contribution < 1.29 is 5.32 Å². The molecule has 0 aliphatic rings. The van der Waals surface area contributed by atoms with Gasteiger partial charge in [-0.25, -0.2) is 0 Å². The molecule has 13 heavy (non-hydrogen) atoms. The molecule has 70 valence electrons. The van der Waals surface area contributed by atoms with E-state index in [-0.39, 0.29) is 0 Å². The van der Waals surface area contributed by atoms with Crippen molar-refractivity contribution in [3.8, 4) is 0 Å². The molecular formula is C11H17N2+. The number of hydrogen-bond acceptors (Lipinski definition) is 1. The average molecular weight is 177 g/mol. The van der Waals surface area contributed by atoms with E-state index in [4.69, 9.17) is 5.73 Å². The second-order valence-corrected chi connectivity index (χ2v) is 2.96. The molecule has 0 heterocycles. The fraction of sp³-hybridized carbons (Fsp3) is 0.273. The third-order valence-corrected chi connectivity index (χ3v) is 2.16. The Morgan fingerprint density at radius 1 is 1.46 bits per heavy atom. The maximum absolute atomic E-state index is 5.38. The summed E-state index contributed by atoms with van der Waals surface area (Å²) in [5.41, 5.74) is 9.19. The van der Waals surface area contributed by atoms with Crippen molar-refractivity contribution in [2.24, 2.45) is 5.73 Å². The Kier molecular flexibility index (Phi) is 3.53. The molecule has 0 bridgehead atoms. The molecule has 1 rings (SSSR count). The lowest BCUT2D eigenvalue weighted by molar-refractivity contribution is -0.539. The van der Waals surface area contributed by atoms with E-state index in [0.29, 0.717) is 0 Å². The molecule has 0 aliphatic carbocycles. The van der Waals surface area contributed by atoms with Crippen molar-refractivity contribution in [2.75, 3.05) is 7.05 Å². The fourth-order valence-electron chi connectivity index (χ4n) is 1.37. The van der Waals surface area contributed by atoms with Gasteiger partial charge in [0.1, 0.15) is 5.69 Å². The Bertz CT molecular complexity index is 303. The van der Waals surface area contributed by atoms with Crippen LogP contribution < -0.4 is 11.1 Å². The highest BCUT2D eigenvalue weighted by molar-refractivity contribution is 5.57. The zero-order valence-corrected chi connectivity index (χ0v) is 8.25. The second-order valence-electron chi connectivity index (χ2n) is 2.96. The van der Waals surface area contributed by atoms with Crippen molar-refractivity contribution >= 4 is 11.8 Å². The van der Waals surface area contributed by atoms with Crippen LogP contribution in [0.3, 0.4) is 0 Å². The van der Waals surface area contributed by atoms with Crippen molar-refractivity contribution in [1.82, 2.24) is 0 Å². The van der Waals surface area contributed by atoms with Crippen LogP contribution in [0.2, 0.25) is 0 Å². The highest BCUT2D eigenvalue weighted by atomic mass is 14.8. The van der Waals surface area contributed by atoms with Crippen LogP contribution in [0.5, 0.6) is 0 Å². The summed E-state index contributed by atoms with van der Waals surface area (Å²) in [5, 5.41) is 2.09. The zero-order valence-electron chi connectivity index (χ0n) is 8.25. The first kappa shape index (κ1) is 9.81. The number of rotatable bonds is 3. The maximum Gasteiger partial charge on any atom is 0.129 e. The minimum Gasteiger partial charge on any atom is -0.405 e. The lowest BCUT2D eigenvalue weighted by Crippen LogP contribution is -2.72. The van der Waals surface area contributed by atoms with Crippen LogP contribution in [0.4, 0.5) is 5.69 Å². The average Bonchev–Trinajstić information content (AvgIpc) is 2.18. The predicted octanol–water partition coefficient (Wildman–Crippen LogP) is 1.00. The van der Waals surface area contributed by atoms with E-state index in [0.717, 1.165) is 6.42 Å². The number of aryl methyl sites for hydroxylation is 1. The first-order chi connectivity index (χ1) is 6.31. The van der Waals surface area contributed by atoms with Crippen molar-refractivity contribution in [3.63, 3.8) is 0 Å². The van der Waals surface area contributed by atoms with Crippen LogP contribution in [-0.4, -0.2) is 7.05 Å². The second kappa shape index (κ2) is 4.67. The molecule has 1 aromatic carbocycles. The van der Waals surface area contributed by atoms with Crippen LogP contribution >= 0.6 is 0 Å². The van der Waals surface area contributed by atoms with Crippen molar-refractivity contribution in [3.05, 3.63) is 35.5 Å². The van der Waals surface area contributed by atoms with E-state index in [1.54, 1.807) is 6.20 Å². The van der Waals surface area contributed by atoms with Gasteiger partial charge in [0.2, 0.25) is 0 Å². The van der Waals surface area contributed by atoms with Crippen molar-refractivity contribution in [1.29, 1.82) is 0 Å². The van der Waals surface area contributed by atoms with Crippen LogP contribution in [0.25, 0.3) is 6.08 Å². The van der Waals surface area contributed by atoms with Crippen LogP contribution in [0.15, 0.2) is 24.4 Å². The van der Waals surface area contributed by atoms with E-state index in [2.05, 4.69) is 30.4 Å².